The van der Waals surface area contributed by atoms with Crippen molar-refractivity contribution in [3.8, 4) is 0 Å². The van der Waals surface area contributed by atoms with E-state index in [9.17, 15) is 9.90 Å². The maximum atomic E-state index is 10.6. The first-order chi connectivity index (χ1) is 7.56. The van der Waals surface area contributed by atoms with Gasteiger partial charge in [0.2, 0.25) is 0 Å². The molecule has 4 N–H and O–H groups in total. The standard InChI is InChI=1S/C12H17NO3/c1-2-3-10(14)11(13)8-4-6-9(7-5-8)12(15)16/h4-7,10-11,14H,2-3,13H2,1H3,(H,15,16)/t10-,11+/m1/s1. The Bertz CT molecular complexity index is 348. The zero-order valence-electron chi connectivity index (χ0n) is 9.26. The summed E-state index contributed by atoms with van der Waals surface area (Å²) in [5, 5.41) is 18.4. The zero-order valence-corrected chi connectivity index (χ0v) is 9.26. The summed E-state index contributed by atoms with van der Waals surface area (Å²) < 4.78 is 0. The van der Waals surface area contributed by atoms with Gasteiger partial charge in [-0.3, -0.25) is 0 Å². The van der Waals surface area contributed by atoms with Gasteiger partial charge in [-0.25, -0.2) is 4.79 Å². The second-order valence-electron chi connectivity index (χ2n) is 3.81. The molecule has 4 nitrogen and oxygen atoms in total. The fraction of sp³-hybridized carbons (Fsp3) is 0.417. The number of hydrogen-bond acceptors (Lipinski definition) is 3. The predicted molar refractivity (Wildman–Crippen MR) is 61.2 cm³/mol. The van der Waals surface area contributed by atoms with Gasteiger partial charge in [0.15, 0.2) is 0 Å². The number of carboxylic acid groups (broad SMARTS) is 1. The average Bonchev–Trinajstić information content (AvgIpc) is 2.28. The van der Waals surface area contributed by atoms with E-state index in [2.05, 4.69) is 0 Å². The first-order valence-electron chi connectivity index (χ1n) is 5.33. The molecule has 0 aromatic heterocycles. The molecule has 0 saturated heterocycles. The van der Waals surface area contributed by atoms with Crippen LogP contribution in [-0.2, 0) is 0 Å². The van der Waals surface area contributed by atoms with Crippen LogP contribution in [0.1, 0.15) is 41.7 Å². The third-order valence-corrected chi connectivity index (χ3v) is 2.54. The smallest absolute Gasteiger partial charge is 0.335 e. The molecule has 0 spiro atoms. The molecule has 2 atom stereocenters. The Morgan fingerprint density at radius 3 is 2.38 bits per heavy atom. The van der Waals surface area contributed by atoms with Gasteiger partial charge < -0.3 is 15.9 Å². The van der Waals surface area contributed by atoms with Crippen molar-refractivity contribution in [2.75, 3.05) is 0 Å². The summed E-state index contributed by atoms with van der Waals surface area (Å²) in [6.07, 6.45) is 0.921. The molecule has 1 aromatic carbocycles. The number of carboxylic acids is 1. The van der Waals surface area contributed by atoms with Gasteiger partial charge in [-0.05, 0) is 24.1 Å². The molecule has 0 unspecified atom stereocenters. The van der Waals surface area contributed by atoms with Crippen LogP contribution in [0, 0.1) is 0 Å². The molecule has 0 fully saturated rings. The summed E-state index contributed by atoms with van der Waals surface area (Å²) in [6, 6.07) is 5.83. The first kappa shape index (κ1) is 12.7. The van der Waals surface area contributed by atoms with Gasteiger partial charge in [0.25, 0.3) is 0 Å². The van der Waals surface area contributed by atoms with Crippen molar-refractivity contribution in [1.82, 2.24) is 0 Å². The van der Waals surface area contributed by atoms with Gasteiger partial charge in [0.1, 0.15) is 0 Å². The number of nitrogens with two attached hydrogens (primary N) is 1. The molecule has 4 heteroatoms. The molecule has 0 bridgehead atoms. The lowest BCUT2D eigenvalue weighted by Crippen LogP contribution is -2.25. The molecular formula is C12H17NO3. The molecular weight excluding hydrogens is 206 g/mol. The fourth-order valence-corrected chi connectivity index (χ4v) is 1.55. The second kappa shape index (κ2) is 5.63. The molecule has 16 heavy (non-hydrogen) atoms. The van der Waals surface area contributed by atoms with Crippen LogP contribution in [0.25, 0.3) is 0 Å². The summed E-state index contributed by atoms with van der Waals surface area (Å²) in [4.78, 5) is 10.6. The van der Waals surface area contributed by atoms with E-state index in [0.717, 1.165) is 12.0 Å². The van der Waals surface area contributed by atoms with Crippen molar-refractivity contribution in [3.63, 3.8) is 0 Å². The topological polar surface area (TPSA) is 83.5 Å². The van der Waals surface area contributed by atoms with E-state index >= 15 is 0 Å². The highest BCUT2D eigenvalue weighted by Crippen LogP contribution is 2.18. The molecule has 1 aromatic rings. The van der Waals surface area contributed by atoms with Gasteiger partial charge >= 0.3 is 5.97 Å². The molecule has 1 rings (SSSR count). The number of aliphatic hydroxyl groups excluding tert-OH is 1. The van der Waals surface area contributed by atoms with Crippen LogP contribution in [0.5, 0.6) is 0 Å². The highest BCUT2D eigenvalue weighted by Gasteiger charge is 2.16. The van der Waals surface area contributed by atoms with Crippen LogP contribution in [0.2, 0.25) is 0 Å². The minimum absolute atomic E-state index is 0.223. The maximum Gasteiger partial charge on any atom is 0.335 e. The molecule has 0 heterocycles. The lowest BCUT2D eigenvalue weighted by atomic mass is 9.98. The van der Waals surface area contributed by atoms with Gasteiger partial charge in [-0.2, -0.15) is 0 Å². The maximum absolute atomic E-state index is 10.6. The van der Waals surface area contributed by atoms with Gasteiger partial charge in [0, 0.05) is 0 Å². The number of hydrogen-bond donors (Lipinski definition) is 3. The Morgan fingerprint density at radius 1 is 1.38 bits per heavy atom. The third kappa shape index (κ3) is 3.05. The van der Waals surface area contributed by atoms with Crippen LogP contribution < -0.4 is 5.73 Å². The van der Waals surface area contributed by atoms with Crippen LogP contribution in [-0.4, -0.2) is 22.3 Å². The van der Waals surface area contributed by atoms with Gasteiger partial charge in [-0.15, -0.1) is 0 Å². The van der Waals surface area contributed by atoms with Crippen molar-refractivity contribution in [1.29, 1.82) is 0 Å². The fourth-order valence-electron chi connectivity index (χ4n) is 1.55. The van der Waals surface area contributed by atoms with Crippen LogP contribution in [0.3, 0.4) is 0 Å². The molecule has 0 amide bonds. The third-order valence-electron chi connectivity index (χ3n) is 2.54. The Labute approximate surface area is 94.7 Å². The Kier molecular flexibility index (Phi) is 4.46. The van der Waals surface area contributed by atoms with Gasteiger partial charge in [0.05, 0.1) is 17.7 Å². The molecule has 0 radical (unpaired) electrons. The Hall–Kier alpha value is -1.39. The summed E-state index contributed by atoms with van der Waals surface area (Å²) in [5.41, 5.74) is 6.83. The quantitative estimate of drug-likeness (QED) is 0.707. The Balaban J connectivity index is 2.77. The van der Waals surface area contributed by atoms with Crippen molar-refractivity contribution < 1.29 is 15.0 Å². The van der Waals surface area contributed by atoms with Crippen LogP contribution >= 0.6 is 0 Å². The first-order valence-corrected chi connectivity index (χ1v) is 5.33. The minimum atomic E-state index is -0.964. The molecule has 0 aliphatic rings. The number of aliphatic hydroxyl groups is 1. The lowest BCUT2D eigenvalue weighted by molar-refractivity contribution is 0.0697. The van der Waals surface area contributed by atoms with E-state index in [4.69, 9.17) is 10.8 Å². The SMILES string of the molecule is CCC[C@@H](O)[C@@H](N)c1ccc(C(=O)O)cc1. The van der Waals surface area contributed by atoms with Gasteiger partial charge in [-0.1, -0.05) is 25.5 Å². The zero-order chi connectivity index (χ0) is 12.1. The average molecular weight is 223 g/mol. The van der Waals surface area contributed by atoms with Crippen molar-refractivity contribution >= 4 is 5.97 Å². The highest BCUT2D eigenvalue weighted by atomic mass is 16.4. The van der Waals surface area contributed by atoms with Crippen molar-refractivity contribution in [2.45, 2.75) is 31.9 Å². The molecule has 0 aliphatic heterocycles. The Morgan fingerprint density at radius 2 is 1.94 bits per heavy atom. The number of rotatable bonds is 5. The molecule has 0 saturated carbocycles. The number of carbonyl (C=O) groups is 1. The summed E-state index contributed by atoms with van der Waals surface area (Å²) in [7, 11) is 0. The van der Waals surface area contributed by atoms with E-state index < -0.39 is 18.1 Å². The van der Waals surface area contributed by atoms with E-state index in [1.165, 1.54) is 12.1 Å². The largest absolute Gasteiger partial charge is 0.478 e. The highest BCUT2D eigenvalue weighted by molar-refractivity contribution is 5.87. The van der Waals surface area contributed by atoms with Crippen LogP contribution in [0.4, 0.5) is 0 Å². The normalized spacial score (nSPS) is 14.4. The number of benzene rings is 1. The summed E-state index contributed by atoms with van der Waals surface area (Å²) >= 11 is 0. The van der Waals surface area contributed by atoms with E-state index in [-0.39, 0.29) is 5.56 Å². The van der Waals surface area contributed by atoms with E-state index in [1.54, 1.807) is 12.1 Å². The predicted octanol–water partition coefficient (Wildman–Crippen LogP) is 1.55. The van der Waals surface area contributed by atoms with Crippen molar-refractivity contribution in [3.05, 3.63) is 35.4 Å². The van der Waals surface area contributed by atoms with E-state index in [1.807, 2.05) is 6.92 Å². The van der Waals surface area contributed by atoms with Crippen molar-refractivity contribution in [2.24, 2.45) is 5.73 Å². The summed E-state index contributed by atoms with van der Waals surface area (Å²) in [6.45, 7) is 1.98. The number of aromatic carboxylic acids is 1. The van der Waals surface area contributed by atoms with E-state index in [0.29, 0.717) is 6.42 Å². The minimum Gasteiger partial charge on any atom is -0.478 e. The second-order valence-corrected chi connectivity index (χ2v) is 3.81. The molecule has 0 aliphatic carbocycles. The van der Waals surface area contributed by atoms with Crippen LogP contribution in [0.15, 0.2) is 24.3 Å². The summed E-state index contributed by atoms with van der Waals surface area (Å²) in [5.74, 6) is -0.964. The lowest BCUT2D eigenvalue weighted by Gasteiger charge is -2.18. The monoisotopic (exact) mass is 223 g/mol. The molecule has 88 valence electrons.